The maximum Gasteiger partial charge on any atom is 0.215 e. The van der Waals surface area contributed by atoms with E-state index in [1.165, 1.54) is 12.1 Å². The first-order chi connectivity index (χ1) is 4.72. The minimum absolute atomic E-state index is 0.185. The van der Waals surface area contributed by atoms with Gasteiger partial charge in [-0.15, -0.1) is 0 Å². The van der Waals surface area contributed by atoms with Crippen molar-refractivity contribution in [2.24, 2.45) is 0 Å². The van der Waals surface area contributed by atoms with Crippen molar-refractivity contribution in [1.29, 1.82) is 5.26 Å². The van der Waals surface area contributed by atoms with Gasteiger partial charge in [0.25, 0.3) is 0 Å². The lowest BCUT2D eigenvalue weighted by atomic mass is 10.3. The minimum Gasteiger partial charge on any atom is -0.493 e. The summed E-state index contributed by atoms with van der Waals surface area (Å²) in [6, 6.07) is 4.08. The van der Waals surface area contributed by atoms with Crippen molar-refractivity contribution in [2.75, 3.05) is 0 Å². The van der Waals surface area contributed by atoms with Crippen LogP contribution in [0.25, 0.3) is 0 Å². The van der Waals surface area contributed by atoms with E-state index in [0.29, 0.717) is 0 Å². The molecule has 0 fully saturated rings. The van der Waals surface area contributed by atoms with E-state index in [4.69, 9.17) is 15.5 Å². The van der Waals surface area contributed by atoms with Crippen LogP contribution < -0.4 is 0 Å². The Morgan fingerprint density at radius 1 is 1.30 bits per heavy atom. The first kappa shape index (κ1) is 6.36. The van der Waals surface area contributed by atoms with Crippen LogP contribution in [0.1, 0.15) is 5.56 Å². The molecule has 4 nitrogen and oxygen atoms in total. The second kappa shape index (κ2) is 2.23. The van der Waals surface area contributed by atoms with E-state index in [2.05, 4.69) is 4.98 Å². The molecule has 0 unspecified atom stereocenters. The lowest BCUT2D eigenvalue weighted by Crippen LogP contribution is -1.78. The third kappa shape index (κ3) is 1.14. The fraction of sp³-hybridized carbons (Fsp3) is 0. The SMILES string of the molecule is N#Cc1cc(O)nc(O)c1. The lowest BCUT2D eigenvalue weighted by molar-refractivity contribution is 0.413. The Morgan fingerprint density at radius 3 is 2.20 bits per heavy atom. The van der Waals surface area contributed by atoms with Crippen LogP contribution in [-0.4, -0.2) is 15.2 Å². The van der Waals surface area contributed by atoms with Crippen LogP contribution in [-0.2, 0) is 0 Å². The van der Waals surface area contributed by atoms with Crippen LogP contribution in [0.3, 0.4) is 0 Å². The van der Waals surface area contributed by atoms with Crippen molar-refractivity contribution in [3.63, 3.8) is 0 Å². The highest BCUT2D eigenvalue weighted by Gasteiger charge is 1.97. The molecule has 2 N–H and O–H groups in total. The van der Waals surface area contributed by atoms with E-state index < -0.39 is 0 Å². The predicted molar refractivity (Wildman–Crippen MR) is 32.3 cm³/mol. The van der Waals surface area contributed by atoms with Gasteiger partial charge in [0.05, 0.1) is 11.6 Å². The summed E-state index contributed by atoms with van der Waals surface area (Å²) in [5, 5.41) is 25.7. The van der Waals surface area contributed by atoms with Crippen molar-refractivity contribution in [1.82, 2.24) is 4.98 Å². The van der Waals surface area contributed by atoms with E-state index >= 15 is 0 Å². The molecule has 0 aliphatic heterocycles. The van der Waals surface area contributed by atoms with Crippen molar-refractivity contribution < 1.29 is 10.2 Å². The monoisotopic (exact) mass is 136 g/mol. The lowest BCUT2D eigenvalue weighted by Gasteiger charge is -1.92. The molecule has 1 rings (SSSR count). The van der Waals surface area contributed by atoms with Crippen LogP contribution in [0, 0.1) is 11.3 Å². The third-order valence-electron chi connectivity index (χ3n) is 0.927. The van der Waals surface area contributed by atoms with Gasteiger partial charge in [0.1, 0.15) is 0 Å². The Hall–Kier alpha value is -1.76. The van der Waals surface area contributed by atoms with Crippen LogP contribution in [0.15, 0.2) is 12.1 Å². The molecule has 4 heteroatoms. The Kier molecular flexibility index (Phi) is 1.42. The summed E-state index contributed by atoms with van der Waals surface area (Å²) in [4.78, 5) is 3.24. The van der Waals surface area contributed by atoms with Gasteiger partial charge in [-0.3, -0.25) is 0 Å². The zero-order valence-electron chi connectivity index (χ0n) is 4.94. The fourth-order valence-corrected chi connectivity index (χ4v) is 0.566. The molecule has 0 bridgehead atoms. The Bertz CT molecular complexity index is 270. The van der Waals surface area contributed by atoms with Gasteiger partial charge >= 0.3 is 0 Å². The average Bonchev–Trinajstić information content (AvgIpc) is 1.85. The van der Waals surface area contributed by atoms with E-state index in [0.717, 1.165) is 0 Å². The summed E-state index contributed by atoms with van der Waals surface area (Å²) in [7, 11) is 0. The number of pyridine rings is 1. The van der Waals surface area contributed by atoms with Gasteiger partial charge in [0.2, 0.25) is 11.8 Å². The van der Waals surface area contributed by atoms with Crippen molar-refractivity contribution >= 4 is 0 Å². The molecule has 0 atom stereocenters. The zero-order valence-corrected chi connectivity index (χ0v) is 4.94. The molecule has 0 aliphatic rings. The summed E-state index contributed by atoms with van der Waals surface area (Å²) in [5.41, 5.74) is 0.185. The first-order valence-electron chi connectivity index (χ1n) is 2.52. The van der Waals surface area contributed by atoms with Gasteiger partial charge in [-0.2, -0.15) is 10.2 Å². The van der Waals surface area contributed by atoms with E-state index in [1.54, 1.807) is 6.07 Å². The van der Waals surface area contributed by atoms with Gasteiger partial charge < -0.3 is 10.2 Å². The van der Waals surface area contributed by atoms with Crippen LogP contribution in [0.4, 0.5) is 0 Å². The molecule has 1 aromatic rings. The fourth-order valence-electron chi connectivity index (χ4n) is 0.566. The first-order valence-corrected chi connectivity index (χ1v) is 2.52. The molecule has 0 amide bonds. The summed E-state index contributed by atoms with van der Waals surface area (Å²) in [5.74, 6) is -0.701. The average molecular weight is 136 g/mol. The highest BCUT2D eigenvalue weighted by atomic mass is 16.3. The molecule has 0 saturated carbocycles. The highest BCUT2D eigenvalue weighted by molar-refractivity contribution is 5.35. The van der Waals surface area contributed by atoms with Gasteiger partial charge in [0.15, 0.2) is 0 Å². The van der Waals surface area contributed by atoms with Crippen molar-refractivity contribution in [2.45, 2.75) is 0 Å². The van der Waals surface area contributed by atoms with Crippen LogP contribution in [0.2, 0.25) is 0 Å². The number of nitrogens with zero attached hydrogens (tertiary/aromatic N) is 2. The number of rotatable bonds is 0. The molecule has 1 heterocycles. The number of aromatic nitrogens is 1. The van der Waals surface area contributed by atoms with E-state index in [1.807, 2.05) is 0 Å². The number of hydrogen-bond acceptors (Lipinski definition) is 4. The van der Waals surface area contributed by atoms with Gasteiger partial charge in [-0.1, -0.05) is 0 Å². The molecule has 0 saturated heterocycles. The van der Waals surface area contributed by atoms with Gasteiger partial charge in [-0.05, 0) is 0 Å². The highest BCUT2D eigenvalue weighted by Crippen LogP contribution is 2.13. The number of aromatic hydroxyl groups is 2. The van der Waals surface area contributed by atoms with Crippen molar-refractivity contribution in [3.8, 4) is 17.8 Å². The Labute approximate surface area is 57.0 Å². The smallest absolute Gasteiger partial charge is 0.215 e. The van der Waals surface area contributed by atoms with E-state index in [-0.39, 0.29) is 17.3 Å². The Morgan fingerprint density at radius 2 is 1.80 bits per heavy atom. The molecular weight excluding hydrogens is 132 g/mol. The van der Waals surface area contributed by atoms with Gasteiger partial charge in [0, 0.05) is 12.1 Å². The quantitative estimate of drug-likeness (QED) is 0.540. The third-order valence-corrected chi connectivity index (χ3v) is 0.927. The minimum atomic E-state index is -0.350. The molecule has 1 aromatic heterocycles. The van der Waals surface area contributed by atoms with Crippen molar-refractivity contribution in [3.05, 3.63) is 17.7 Å². The molecule has 0 spiro atoms. The summed E-state index contributed by atoms with van der Waals surface area (Å²) in [6.07, 6.45) is 0. The topological polar surface area (TPSA) is 77.1 Å². The molecule has 10 heavy (non-hydrogen) atoms. The van der Waals surface area contributed by atoms with Gasteiger partial charge in [-0.25, -0.2) is 0 Å². The largest absolute Gasteiger partial charge is 0.493 e. The number of nitriles is 1. The van der Waals surface area contributed by atoms with Crippen LogP contribution >= 0.6 is 0 Å². The molecule has 0 aliphatic carbocycles. The second-order valence-electron chi connectivity index (χ2n) is 1.68. The second-order valence-corrected chi connectivity index (χ2v) is 1.68. The van der Waals surface area contributed by atoms with Crippen LogP contribution in [0.5, 0.6) is 11.8 Å². The molecule has 0 radical (unpaired) electrons. The molecular formula is C6H4N2O2. The summed E-state index contributed by atoms with van der Waals surface area (Å²) < 4.78 is 0. The normalized spacial score (nSPS) is 8.70. The Balaban J connectivity index is 3.22. The standard InChI is InChI=1S/C6H4N2O2/c7-3-4-1-5(9)8-6(10)2-4/h1-2H,(H2,8,9,10). The summed E-state index contributed by atoms with van der Waals surface area (Å²) >= 11 is 0. The predicted octanol–water partition coefficient (Wildman–Crippen LogP) is 0.364. The maximum atomic E-state index is 8.70. The molecule has 0 aromatic carbocycles. The maximum absolute atomic E-state index is 8.70. The molecule has 50 valence electrons. The van der Waals surface area contributed by atoms with E-state index in [9.17, 15) is 0 Å². The summed E-state index contributed by atoms with van der Waals surface area (Å²) in [6.45, 7) is 0. The number of hydrogen-bond donors (Lipinski definition) is 2. The zero-order chi connectivity index (χ0) is 7.56.